The molecule has 6 nitrogen and oxygen atoms in total. The van der Waals surface area contributed by atoms with E-state index in [1.807, 2.05) is 47.2 Å². The fourth-order valence-corrected chi connectivity index (χ4v) is 3.93. The first-order valence-corrected chi connectivity index (χ1v) is 10.1. The Morgan fingerprint density at radius 2 is 2.00 bits per heavy atom. The van der Waals surface area contributed by atoms with E-state index in [4.69, 9.17) is 4.42 Å². The van der Waals surface area contributed by atoms with Gasteiger partial charge < -0.3 is 9.73 Å². The molecular weight excluding hydrogens is 360 g/mol. The van der Waals surface area contributed by atoms with Crippen LogP contribution in [0.4, 0.5) is 0 Å². The van der Waals surface area contributed by atoms with Crippen LogP contribution in [0.3, 0.4) is 0 Å². The number of hydrogen-bond donors (Lipinski definition) is 1. The molecule has 2 aromatic heterocycles. The number of likely N-dealkylation sites (tertiary alicyclic amines) is 1. The van der Waals surface area contributed by atoms with E-state index in [1.54, 1.807) is 11.3 Å². The molecule has 0 unspecified atom stereocenters. The maximum atomic E-state index is 12.2. The summed E-state index contributed by atoms with van der Waals surface area (Å²) < 4.78 is 5.86. The monoisotopic (exact) mass is 382 g/mol. The van der Waals surface area contributed by atoms with E-state index >= 15 is 0 Å². The summed E-state index contributed by atoms with van der Waals surface area (Å²) in [6, 6.07) is 11.9. The molecule has 27 heavy (non-hydrogen) atoms. The number of piperidine rings is 1. The van der Waals surface area contributed by atoms with Crippen LogP contribution in [0, 0.1) is 0 Å². The Balaban J connectivity index is 1.23. The highest BCUT2D eigenvalue weighted by molar-refractivity contribution is 7.08. The van der Waals surface area contributed by atoms with Crippen LogP contribution in [0.25, 0.3) is 11.5 Å². The van der Waals surface area contributed by atoms with E-state index in [9.17, 15) is 4.79 Å². The molecular formula is C20H22N4O2S. The minimum absolute atomic E-state index is 0.0647. The standard InChI is InChI=1S/C20H22N4O2S/c25-18(21-12-15-4-2-1-3-5-15)13-24-9-6-16(7-10-24)19-22-23-20(26-19)17-8-11-27-14-17/h1-5,8,11,14,16H,6-7,9-10,12-13H2,(H,21,25). The van der Waals surface area contributed by atoms with Crippen molar-refractivity contribution in [3.05, 3.63) is 58.6 Å². The third kappa shape index (κ3) is 4.61. The molecule has 1 saturated heterocycles. The maximum absolute atomic E-state index is 12.2. The van der Waals surface area contributed by atoms with Crippen molar-refractivity contribution in [2.75, 3.05) is 19.6 Å². The Hall–Kier alpha value is -2.51. The van der Waals surface area contributed by atoms with Gasteiger partial charge in [-0.3, -0.25) is 9.69 Å². The summed E-state index contributed by atoms with van der Waals surface area (Å²) in [5.74, 6) is 1.64. The fourth-order valence-electron chi connectivity index (χ4n) is 3.30. The lowest BCUT2D eigenvalue weighted by atomic mass is 9.97. The van der Waals surface area contributed by atoms with Crippen molar-refractivity contribution in [2.45, 2.75) is 25.3 Å². The van der Waals surface area contributed by atoms with Crippen LogP contribution in [0.15, 0.2) is 51.6 Å². The van der Waals surface area contributed by atoms with Gasteiger partial charge in [-0.25, -0.2) is 0 Å². The van der Waals surface area contributed by atoms with Crippen LogP contribution in [-0.4, -0.2) is 40.6 Å². The van der Waals surface area contributed by atoms with Gasteiger partial charge in [0.15, 0.2) is 0 Å². The zero-order chi connectivity index (χ0) is 18.5. The predicted octanol–water partition coefficient (Wildman–Crippen LogP) is 3.29. The summed E-state index contributed by atoms with van der Waals surface area (Å²) in [6.07, 6.45) is 1.86. The van der Waals surface area contributed by atoms with Crippen LogP contribution >= 0.6 is 11.3 Å². The first-order chi connectivity index (χ1) is 13.3. The van der Waals surface area contributed by atoms with Gasteiger partial charge in [-0.05, 0) is 42.9 Å². The highest BCUT2D eigenvalue weighted by Gasteiger charge is 2.26. The van der Waals surface area contributed by atoms with Crippen LogP contribution in [-0.2, 0) is 11.3 Å². The van der Waals surface area contributed by atoms with E-state index in [2.05, 4.69) is 20.4 Å². The number of rotatable bonds is 6. The molecule has 140 valence electrons. The molecule has 0 radical (unpaired) electrons. The Morgan fingerprint density at radius 1 is 1.19 bits per heavy atom. The third-order valence-corrected chi connectivity index (χ3v) is 5.53. The summed E-state index contributed by atoms with van der Waals surface area (Å²) in [5.41, 5.74) is 2.09. The summed E-state index contributed by atoms with van der Waals surface area (Å²) >= 11 is 1.62. The quantitative estimate of drug-likeness (QED) is 0.708. The molecule has 0 atom stereocenters. The Labute approximate surface area is 162 Å². The van der Waals surface area contributed by atoms with Gasteiger partial charge in [0.2, 0.25) is 17.7 Å². The van der Waals surface area contributed by atoms with E-state index in [0.717, 1.165) is 37.1 Å². The van der Waals surface area contributed by atoms with Crippen LogP contribution in [0.5, 0.6) is 0 Å². The number of carbonyl (C=O) groups excluding carboxylic acids is 1. The molecule has 0 spiro atoms. The van der Waals surface area contributed by atoms with Crippen LogP contribution < -0.4 is 5.32 Å². The average molecular weight is 382 g/mol. The summed E-state index contributed by atoms with van der Waals surface area (Å²) in [6.45, 7) is 2.73. The first kappa shape index (κ1) is 17.9. The molecule has 0 saturated carbocycles. The molecule has 0 bridgehead atoms. The average Bonchev–Trinajstić information content (AvgIpc) is 3.39. The molecule has 4 rings (SSSR count). The number of thiophene rings is 1. The molecule has 1 amide bonds. The molecule has 1 aliphatic heterocycles. The minimum atomic E-state index is 0.0647. The van der Waals surface area contributed by atoms with Gasteiger partial charge in [0.25, 0.3) is 0 Å². The van der Waals surface area contributed by atoms with E-state index in [-0.39, 0.29) is 11.8 Å². The number of aromatic nitrogens is 2. The lowest BCUT2D eigenvalue weighted by Crippen LogP contribution is -2.41. The fraction of sp³-hybridized carbons (Fsp3) is 0.350. The summed E-state index contributed by atoms with van der Waals surface area (Å²) in [5, 5.41) is 15.4. The minimum Gasteiger partial charge on any atom is -0.420 e. The van der Waals surface area contributed by atoms with Gasteiger partial charge in [0.1, 0.15) is 0 Å². The van der Waals surface area contributed by atoms with Crippen molar-refractivity contribution in [1.29, 1.82) is 0 Å². The molecule has 1 fully saturated rings. The van der Waals surface area contributed by atoms with Gasteiger partial charge in [-0.15, -0.1) is 10.2 Å². The number of amides is 1. The maximum Gasteiger partial charge on any atom is 0.248 e. The van der Waals surface area contributed by atoms with Crippen LogP contribution in [0.1, 0.15) is 30.2 Å². The Morgan fingerprint density at radius 3 is 2.74 bits per heavy atom. The van der Waals surface area contributed by atoms with Crippen molar-refractivity contribution in [1.82, 2.24) is 20.4 Å². The number of nitrogens with one attached hydrogen (secondary N) is 1. The topological polar surface area (TPSA) is 71.3 Å². The molecule has 1 N–H and O–H groups in total. The SMILES string of the molecule is O=C(CN1CCC(c2nnc(-c3ccsc3)o2)CC1)NCc1ccccc1. The lowest BCUT2D eigenvalue weighted by molar-refractivity contribution is -0.122. The Bertz CT molecular complexity index is 855. The zero-order valence-corrected chi connectivity index (χ0v) is 15.8. The lowest BCUT2D eigenvalue weighted by Gasteiger charge is -2.29. The second-order valence-electron chi connectivity index (χ2n) is 6.77. The molecule has 1 aromatic carbocycles. The largest absolute Gasteiger partial charge is 0.420 e. The summed E-state index contributed by atoms with van der Waals surface area (Å²) in [7, 11) is 0. The van der Waals surface area contributed by atoms with Gasteiger partial charge in [0.05, 0.1) is 6.54 Å². The van der Waals surface area contributed by atoms with E-state index < -0.39 is 0 Å². The van der Waals surface area contributed by atoms with Crippen molar-refractivity contribution in [3.8, 4) is 11.5 Å². The normalized spacial score (nSPS) is 15.7. The van der Waals surface area contributed by atoms with Crippen molar-refractivity contribution in [3.63, 3.8) is 0 Å². The number of hydrogen-bond acceptors (Lipinski definition) is 6. The smallest absolute Gasteiger partial charge is 0.248 e. The zero-order valence-electron chi connectivity index (χ0n) is 15.0. The van der Waals surface area contributed by atoms with Crippen molar-refractivity contribution in [2.24, 2.45) is 0 Å². The summed E-state index contributed by atoms with van der Waals surface area (Å²) in [4.78, 5) is 14.4. The molecule has 1 aliphatic rings. The molecule has 0 aliphatic carbocycles. The highest BCUT2D eigenvalue weighted by atomic mass is 32.1. The van der Waals surface area contributed by atoms with Gasteiger partial charge in [-0.2, -0.15) is 11.3 Å². The molecule has 7 heteroatoms. The van der Waals surface area contributed by atoms with Crippen molar-refractivity contribution >= 4 is 17.2 Å². The van der Waals surface area contributed by atoms with E-state index in [0.29, 0.717) is 24.9 Å². The van der Waals surface area contributed by atoms with Gasteiger partial charge in [0, 0.05) is 23.4 Å². The van der Waals surface area contributed by atoms with Crippen molar-refractivity contribution < 1.29 is 9.21 Å². The first-order valence-electron chi connectivity index (χ1n) is 9.17. The molecule has 3 aromatic rings. The second kappa shape index (κ2) is 8.45. The van der Waals surface area contributed by atoms with Gasteiger partial charge in [-0.1, -0.05) is 30.3 Å². The Kier molecular flexibility index (Phi) is 5.60. The second-order valence-corrected chi connectivity index (χ2v) is 7.55. The van der Waals surface area contributed by atoms with Gasteiger partial charge >= 0.3 is 0 Å². The molecule has 3 heterocycles. The predicted molar refractivity (Wildman–Crippen MR) is 104 cm³/mol. The van der Waals surface area contributed by atoms with Crippen LogP contribution in [0.2, 0.25) is 0 Å². The highest BCUT2D eigenvalue weighted by Crippen LogP contribution is 2.29. The number of benzene rings is 1. The third-order valence-electron chi connectivity index (χ3n) is 4.85. The van der Waals surface area contributed by atoms with E-state index in [1.165, 1.54) is 0 Å². The number of carbonyl (C=O) groups is 1. The number of nitrogens with zero attached hydrogens (tertiary/aromatic N) is 3.